The van der Waals surface area contributed by atoms with Crippen LogP contribution in [0.4, 0.5) is 8.78 Å². The van der Waals surface area contributed by atoms with Gasteiger partial charge in [0.05, 0.1) is 9.79 Å². The second-order valence-corrected chi connectivity index (χ2v) is 8.74. The van der Waals surface area contributed by atoms with Gasteiger partial charge >= 0.3 is 0 Å². The number of ether oxygens (including phenoxy) is 1. The summed E-state index contributed by atoms with van der Waals surface area (Å²) in [6, 6.07) is 15.5. The molecule has 0 unspecified atom stereocenters. The van der Waals surface area contributed by atoms with Gasteiger partial charge in [-0.3, -0.25) is 0 Å². The number of fused-ring (bicyclic) bond motifs is 1. The fourth-order valence-corrected chi connectivity index (χ4v) is 4.87. The first-order valence-electron chi connectivity index (χ1n) is 8.87. The Hall–Kier alpha value is -2.42. The summed E-state index contributed by atoms with van der Waals surface area (Å²) in [4.78, 5) is 3.77. The molecule has 152 valence electrons. The van der Waals surface area contributed by atoms with Crippen LogP contribution in [0.25, 0.3) is 10.9 Å². The molecule has 0 saturated heterocycles. The molecule has 0 spiro atoms. The lowest BCUT2D eigenvalue weighted by molar-refractivity contribution is 0.297. The Balaban J connectivity index is 1.75. The zero-order chi connectivity index (χ0) is 21.3. The maximum Gasteiger partial charge on any atom is 0.140 e. The van der Waals surface area contributed by atoms with E-state index in [0.717, 1.165) is 22.7 Å². The molecule has 1 heterocycles. The fourth-order valence-electron chi connectivity index (χ4n) is 2.97. The molecule has 0 saturated carbocycles. The lowest BCUT2D eigenvalue weighted by Gasteiger charge is -2.15. The number of hydrogen-bond donors (Lipinski definition) is 2. The quantitative estimate of drug-likeness (QED) is 0.291. The Morgan fingerprint density at radius 3 is 2.60 bits per heavy atom. The molecule has 1 aromatic heterocycles. The first-order valence-corrected chi connectivity index (χ1v) is 10.9. The molecule has 0 amide bonds. The zero-order valence-electron chi connectivity index (χ0n) is 15.4. The van der Waals surface area contributed by atoms with Crippen molar-refractivity contribution >= 4 is 55.8 Å². The smallest absolute Gasteiger partial charge is 0.140 e. The minimum absolute atomic E-state index is 0.0791. The van der Waals surface area contributed by atoms with Crippen LogP contribution in [0.15, 0.2) is 75.1 Å². The Bertz CT molecular complexity index is 1250. The second-order valence-electron chi connectivity index (χ2n) is 6.46. The summed E-state index contributed by atoms with van der Waals surface area (Å²) in [5, 5.41) is 0.835. The van der Waals surface area contributed by atoms with Crippen LogP contribution >= 0.6 is 39.9 Å². The molecule has 0 aliphatic heterocycles. The summed E-state index contributed by atoms with van der Waals surface area (Å²) < 4.78 is 35.8. The van der Waals surface area contributed by atoms with Gasteiger partial charge in [-0.25, -0.2) is 8.78 Å². The first kappa shape index (κ1) is 20.8. The van der Waals surface area contributed by atoms with Gasteiger partial charge in [0.25, 0.3) is 0 Å². The highest BCUT2D eigenvalue weighted by atomic mass is 79.9. The number of rotatable bonds is 6. The topological polar surface area (TPSA) is 51.0 Å². The van der Waals surface area contributed by atoms with E-state index in [1.54, 1.807) is 6.20 Å². The van der Waals surface area contributed by atoms with E-state index in [2.05, 4.69) is 20.9 Å². The van der Waals surface area contributed by atoms with Crippen molar-refractivity contribution in [2.75, 3.05) is 0 Å². The molecule has 8 heteroatoms. The van der Waals surface area contributed by atoms with Gasteiger partial charge in [0, 0.05) is 33.2 Å². The van der Waals surface area contributed by atoms with E-state index in [1.807, 2.05) is 36.4 Å². The standard InChI is InChI=1S/C22H15BrF2N2OS2/c23-20-13-6-7-27-17(13)9-16(25)21(20)30-19-8-14(22(26)29)15(24)10-18(19)28-11-12-4-2-1-3-5-12/h1-10,27H,11H2,(H2,26,29). The molecule has 0 bridgehead atoms. The summed E-state index contributed by atoms with van der Waals surface area (Å²) in [5.74, 6) is -0.727. The number of halogens is 3. The van der Waals surface area contributed by atoms with E-state index in [1.165, 1.54) is 18.2 Å². The number of aromatic amines is 1. The number of aromatic nitrogens is 1. The highest BCUT2D eigenvalue weighted by Gasteiger charge is 2.19. The molecule has 0 atom stereocenters. The average molecular weight is 505 g/mol. The van der Waals surface area contributed by atoms with E-state index >= 15 is 0 Å². The molecule has 0 aliphatic rings. The maximum atomic E-state index is 14.8. The van der Waals surface area contributed by atoms with Gasteiger partial charge in [-0.05, 0) is 39.7 Å². The SMILES string of the molecule is NC(=S)c1cc(Sc2c(F)cc3[nH]ccc3c2Br)c(OCc2ccccc2)cc1F. The van der Waals surface area contributed by atoms with Crippen LogP contribution in [0.5, 0.6) is 5.75 Å². The fraction of sp³-hybridized carbons (Fsp3) is 0.0455. The third-order valence-corrected chi connectivity index (χ3v) is 6.90. The van der Waals surface area contributed by atoms with Crippen LogP contribution < -0.4 is 10.5 Å². The summed E-state index contributed by atoms with van der Waals surface area (Å²) in [5.41, 5.74) is 7.35. The van der Waals surface area contributed by atoms with Gasteiger partial charge < -0.3 is 15.5 Å². The van der Waals surface area contributed by atoms with E-state index in [-0.39, 0.29) is 22.9 Å². The number of H-pyrrole nitrogens is 1. The Labute approximate surface area is 189 Å². The van der Waals surface area contributed by atoms with Crippen molar-refractivity contribution in [3.63, 3.8) is 0 Å². The lowest BCUT2D eigenvalue weighted by atomic mass is 10.2. The van der Waals surface area contributed by atoms with Crippen LogP contribution in [0.1, 0.15) is 11.1 Å². The summed E-state index contributed by atoms with van der Waals surface area (Å²) in [7, 11) is 0. The highest BCUT2D eigenvalue weighted by Crippen LogP contribution is 2.43. The van der Waals surface area contributed by atoms with Gasteiger partial charge in [0.15, 0.2) is 0 Å². The van der Waals surface area contributed by atoms with Gasteiger partial charge in [0.2, 0.25) is 0 Å². The third kappa shape index (κ3) is 4.21. The first-order chi connectivity index (χ1) is 14.4. The number of nitrogens with one attached hydrogen (secondary N) is 1. The van der Waals surface area contributed by atoms with Crippen molar-refractivity contribution < 1.29 is 13.5 Å². The van der Waals surface area contributed by atoms with Crippen molar-refractivity contribution in [1.82, 2.24) is 4.98 Å². The number of nitrogens with two attached hydrogens (primary N) is 1. The molecule has 3 N–H and O–H groups in total. The molecule has 30 heavy (non-hydrogen) atoms. The maximum absolute atomic E-state index is 14.8. The minimum Gasteiger partial charge on any atom is -0.488 e. The van der Waals surface area contributed by atoms with Crippen LogP contribution in [0.2, 0.25) is 0 Å². The Kier molecular flexibility index (Phi) is 6.08. The number of thiocarbonyl (C=S) groups is 1. The van der Waals surface area contributed by atoms with Crippen LogP contribution in [0, 0.1) is 11.6 Å². The van der Waals surface area contributed by atoms with E-state index < -0.39 is 11.6 Å². The molecule has 3 aromatic carbocycles. The predicted molar refractivity (Wildman–Crippen MR) is 123 cm³/mol. The average Bonchev–Trinajstić information content (AvgIpc) is 3.19. The molecule has 0 radical (unpaired) electrons. The van der Waals surface area contributed by atoms with Gasteiger partial charge in [0.1, 0.15) is 29.0 Å². The monoisotopic (exact) mass is 504 g/mol. The minimum atomic E-state index is -0.587. The van der Waals surface area contributed by atoms with E-state index in [9.17, 15) is 8.78 Å². The molecular weight excluding hydrogens is 490 g/mol. The predicted octanol–water partition coefficient (Wildman–Crippen LogP) is 6.57. The summed E-state index contributed by atoms with van der Waals surface area (Å²) in [6.07, 6.45) is 1.74. The van der Waals surface area contributed by atoms with Gasteiger partial charge in [-0.15, -0.1) is 0 Å². The Morgan fingerprint density at radius 2 is 1.87 bits per heavy atom. The molecule has 4 rings (SSSR count). The largest absolute Gasteiger partial charge is 0.488 e. The van der Waals surface area contributed by atoms with E-state index in [0.29, 0.717) is 19.8 Å². The second kappa shape index (κ2) is 8.75. The van der Waals surface area contributed by atoms with Crippen molar-refractivity contribution in [3.8, 4) is 5.75 Å². The highest BCUT2D eigenvalue weighted by molar-refractivity contribution is 9.10. The number of hydrogen-bond acceptors (Lipinski definition) is 3. The van der Waals surface area contributed by atoms with Crippen molar-refractivity contribution in [2.24, 2.45) is 5.73 Å². The summed E-state index contributed by atoms with van der Waals surface area (Å²) in [6.45, 7) is 0.237. The van der Waals surface area contributed by atoms with Gasteiger partial charge in [-0.2, -0.15) is 0 Å². The van der Waals surface area contributed by atoms with Crippen LogP contribution in [-0.4, -0.2) is 9.97 Å². The lowest BCUT2D eigenvalue weighted by Crippen LogP contribution is -2.12. The third-order valence-electron chi connectivity index (χ3n) is 4.45. The van der Waals surface area contributed by atoms with E-state index in [4.69, 9.17) is 22.7 Å². The molecule has 0 fully saturated rings. The molecule has 4 aromatic rings. The molecule has 3 nitrogen and oxygen atoms in total. The molecule has 0 aliphatic carbocycles. The number of benzene rings is 3. The van der Waals surface area contributed by atoms with Crippen molar-refractivity contribution in [3.05, 3.63) is 88.0 Å². The molecular formula is C22H15BrF2N2OS2. The Morgan fingerprint density at radius 1 is 1.10 bits per heavy atom. The normalized spacial score (nSPS) is 11.0. The van der Waals surface area contributed by atoms with Gasteiger partial charge in [-0.1, -0.05) is 54.3 Å². The van der Waals surface area contributed by atoms with Crippen LogP contribution in [-0.2, 0) is 6.61 Å². The zero-order valence-corrected chi connectivity index (χ0v) is 18.6. The van der Waals surface area contributed by atoms with Crippen molar-refractivity contribution in [1.29, 1.82) is 0 Å². The summed E-state index contributed by atoms with van der Waals surface area (Å²) >= 11 is 9.57. The van der Waals surface area contributed by atoms with Crippen molar-refractivity contribution in [2.45, 2.75) is 16.4 Å². The van der Waals surface area contributed by atoms with Crippen LogP contribution in [0.3, 0.4) is 0 Å².